The standard InChI is InChI=1S/C28H27ClF5N9O3S/c1-2-19-21(40-7-9-41(10-8-40)27-38-37-24(47-27)22(30)31)25(45)43-26(36-23(39-43)15-5-11-46-12-6-15)42(19)14-20(44)35-18-4-3-16(13-17(18)29)28(32,33)34/h3-5,13,22H,2,6-12,14H2,1H3,(H,35,44). The Balaban J connectivity index is 1.35. The molecule has 250 valence electrons. The lowest BCUT2D eigenvalue weighted by molar-refractivity contribution is -0.137. The van der Waals surface area contributed by atoms with Crippen molar-refractivity contribution >= 4 is 56.7 Å². The van der Waals surface area contributed by atoms with Crippen LogP contribution in [-0.4, -0.2) is 74.7 Å². The van der Waals surface area contributed by atoms with E-state index in [0.29, 0.717) is 74.6 Å². The van der Waals surface area contributed by atoms with E-state index in [9.17, 15) is 31.5 Å². The minimum atomic E-state index is -4.61. The highest BCUT2D eigenvalue weighted by Crippen LogP contribution is 2.34. The Hall–Kier alpha value is -4.16. The predicted molar refractivity (Wildman–Crippen MR) is 164 cm³/mol. The Morgan fingerprint density at radius 2 is 1.89 bits per heavy atom. The van der Waals surface area contributed by atoms with Gasteiger partial charge in [-0.15, -0.1) is 15.3 Å². The minimum Gasteiger partial charge on any atom is -0.377 e. The minimum absolute atomic E-state index is 0.0164. The van der Waals surface area contributed by atoms with Gasteiger partial charge >= 0.3 is 6.18 Å². The molecule has 12 nitrogen and oxygen atoms in total. The van der Waals surface area contributed by atoms with Gasteiger partial charge in [0.1, 0.15) is 12.2 Å². The highest BCUT2D eigenvalue weighted by molar-refractivity contribution is 7.15. The monoisotopic (exact) mass is 699 g/mol. The summed E-state index contributed by atoms with van der Waals surface area (Å²) in [5.41, 5.74) is 0.135. The van der Waals surface area contributed by atoms with Crippen LogP contribution < -0.4 is 20.7 Å². The average Bonchev–Trinajstić information content (AvgIpc) is 3.73. The van der Waals surface area contributed by atoms with Crippen LogP contribution in [0.15, 0.2) is 29.1 Å². The third-order valence-corrected chi connectivity index (χ3v) is 9.07. The molecule has 1 fully saturated rings. The number of aromatic nitrogens is 6. The predicted octanol–water partition coefficient (Wildman–Crippen LogP) is 4.68. The summed E-state index contributed by atoms with van der Waals surface area (Å²) in [4.78, 5) is 35.7. The lowest BCUT2D eigenvalue weighted by atomic mass is 10.1. The molecule has 0 radical (unpaired) electrons. The van der Waals surface area contributed by atoms with E-state index in [-0.39, 0.29) is 28.0 Å². The van der Waals surface area contributed by atoms with E-state index >= 15 is 0 Å². The zero-order chi connectivity index (χ0) is 33.5. The number of carbonyl (C=O) groups excluding carboxylic acids is 1. The molecule has 6 rings (SSSR count). The molecule has 0 saturated carbocycles. The van der Waals surface area contributed by atoms with Gasteiger partial charge < -0.3 is 24.4 Å². The van der Waals surface area contributed by atoms with Gasteiger partial charge in [0.15, 0.2) is 10.8 Å². The van der Waals surface area contributed by atoms with Crippen LogP contribution in [0, 0.1) is 0 Å². The van der Waals surface area contributed by atoms with E-state index in [1.165, 1.54) is 0 Å². The summed E-state index contributed by atoms with van der Waals surface area (Å²) in [5, 5.41) is 14.2. The molecule has 2 aliphatic heterocycles. The number of halogens is 6. The van der Waals surface area contributed by atoms with Gasteiger partial charge in [-0.05, 0) is 36.6 Å². The van der Waals surface area contributed by atoms with Gasteiger partial charge in [-0.25, -0.2) is 8.78 Å². The van der Waals surface area contributed by atoms with Gasteiger partial charge in [0.05, 0.1) is 35.2 Å². The summed E-state index contributed by atoms with van der Waals surface area (Å²) < 4.78 is 73.7. The Labute approximate surface area is 272 Å². The number of fused-ring (bicyclic) bond motifs is 1. The van der Waals surface area contributed by atoms with Crippen molar-refractivity contribution in [3.05, 3.63) is 61.7 Å². The van der Waals surface area contributed by atoms with Crippen molar-refractivity contribution in [3.8, 4) is 0 Å². The van der Waals surface area contributed by atoms with Crippen molar-refractivity contribution in [1.82, 2.24) is 29.4 Å². The first-order chi connectivity index (χ1) is 22.4. The summed E-state index contributed by atoms with van der Waals surface area (Å²) >= 11 is 6.89. The van der Waals surface area contributed by atoms with E-state index in [4.69, 9.17) is 16.3 Å². The molecule has 4 aromatic rings. The number of rotatable bonds is 8. The molecule has 1 N–H and O–H groups in total. The number of hydrogen-bond acceptors (Lipinski definition) is 10. The van der Waals surface area contributed by atoms with Crippen LogP contribution in [0.3, 0.4) is 0 Å². The Morgan fingerprint density at radius 3 is 2.51 bits per heavy atom. The Bertz CT molecular complexity index is 1900. The second-order valence-corrected chi connectivity index (χ2v) is 12.1. The molecule has 0 aliphatic carbocycles. The highest BCUT2D eigenvalue weighted by atomic mass is 35.5. The maximum atomic E-state index is 14.1. The zero-order valence-electron chi connectivity index (χ0n) is 24.7. The first-order valence-electron chi connectivity index (χ1n) is 14.5. The fourth-order valence-corrected chi connectivity index (χ4v) is 6.46. The van der Waals surface area contributed by atoms with E-state index in [0.717, 1.165) is 39.6 Å². The highest BCUT2D eigenvalue weighted by Gasteiger charge is 2.32. The van der Waals surface area contributed by atoms with E-state index < -0.39 is 29.6 Å². The first kappa shape index (κ1) is 32.8. The fourth-order valence-electron chi connectivity index (χ4n) is 5.49. The SMILES string of the molecule is CCc1c(N2CCN(c3nnc(C(F)F)s3)CC2)c(=O)n2nc(C3=CCOCC3)nc2n1CC(=O)Nc1ccc(C(F)(F)F)cc1Cl. The number of nitrogens with zero attached hydrogens (tertiary/aromatic N) is 8. The summed E-state index contributed by atoms with van der Waals surface area (Å²) in [5.74, 6) is -0.206. The smallest absolute Gasteiger partial charge is 0.377 e. The molecule has 1 amide bonds. The number of alkyl halides is 5. The number of nitrogens with one attached hydrogen (secondary N) is 1. The number of benzene rings is 1. The van der Waals surface area contributed by atoms with Crippen LogP contribution in [0.4, 0.5) is 38.5 Å². The molecule has 0 spiro atoms. The van der Waals surface area contributed by atoms with E-state index in [1.54, 1.807) is 4.57 Å². The first-order valence-corrected chi connectivity index (χ1v) is 15.7. The molecule has 19 heteroatoms. The summed E-state index contributed by atoms with van der Waals surface area (Å²) in [6.07, 6.45) is -4.69. The lowest BCUT2D eigenvalue weighted by Crippen LogP contribution is -2.49. The van der Waals surface area contributed by atoms with Crippen LogP contribution in [0.25, 0.3) is 11.4 Å². The van der Waals surface area contributed by atoms with Crippen LogP contribution in [0.5, 0.6) is 0 Å². The van der Waals surface area contributed by atoms with Crippen molar-refractivity contribution in [2.75, 3.05) is 54.5 Å². The molecule has 1 saturated heterocycles. The summed E-state index contributed by atoms with van der Waals surface area (Å²) in [7, 11) is 0. The Morgan fingerprint density at radius 1 is 1.15 bits per heavy atom. The topological polar surface area (TPSA) is 123 Å². The van der Waals surface area contributed by atoms with Crippen molar-refractivity contribution in [2.45, 2.75) is 38.9 Å². The molecule has 0 atom stereocenters. The maximum absolute atomic E-state index is 14.1. The summed E-state index contributed by atoms with van der Waals surface area (Å²) in [6, 6.07) is 2.62. The normalized spacial score (nSPS) is 15.9. The number of ether oxygens (including phenoxy) is 1. The van der Waals surface area contributed by atoms with Crippen molar-refractivity contribution < 1.29 is 31.5 Å². The van der Waals surface area contributed by atoms with Crippen molar-refractivity contribution in [1.29, 1.82) is 0 Å². The quantitative estimate of drug-likeness (QED) is 0.261. The molecule has 1 aromatic carbocycles. The lowest BCUT2D eigenvalue weighted by Gasteiger charge is -2.36. The van der Waals surface area contributed by atoms with Crippen LogP contribution in [-0.2, 0) is 28.7 Å². The van der Waals surface area contributed by atoms with Gasteiger partial charge in [0, 0.05) is 26.2 Å². The van der Waals surface area contributed by atoms with Gasteiger partial charge in [0.2, 0.25) is 16.8 Å². The van der Waals surface area contributed by atoms with Crippen molar-refractivity contribution in [3.63, 3.8) is 0 Å². The van der Waals surface area contributed by atoms with Crippen molar-refractivity contribution in [2.24, 2.45) is 0 Å². The number of carbonyl (C=O) groups is 1. The molecule has 2 aliphatic rings. The van der Waals surface area contributed by atoms with Crippen LogP contribution in [0.1, 0.15) is 41.9 Å². The van der Waals surface area contributed by atoms with E-state index in [2.05, 4.69) is 25.6 Å². The fraction of sp³-hybridized carbons (Fsp3) is 0.429. The third-order valence-electron chi connectivity index (χ3n) is 7.77. The number of amides is 1. The third kappa shape index (κ3) is 6.66. The second kappa shape index (κ2) is 13.2. The second-order valence-electron chi connectivity index (χ2n) is 10.7. The molecule has 5 heterocycles. The van der Waals surface area contributed by atoms with Gasteiger partial charge in [0.25, 0.3) is 12.0 Å². The molecular weight excluding hydrogens is 673 g/mol. The van der Waals surface area contributed by atoms with Crippen LogP contribution in [0.2, 0.25) is 5.02 Å². The molecule has 0 unspecified atom stereocenters. The Kier molecular flexibility index (Phi) is 9.17. The molecule has 0 bridgehead atoms. The number of piperazine rings is 1. The summed E-state index contributed by atoms with van der Waals surface area (Å²) in [6.45, 7) is 3.64. The van der Waals surface area contributed by atoms with Gasteiger partial charge in [-0.2, -0.15) is 22.7 Å². The van der Waals surface area contributed by atoms with Crippen LogP contribution >= 0.6 is 22.9 Å². The van der Waals surface area contributed by atoms with Gasteiger partial charge in [-0.3, -0.25) is 9.59 Å². The molecular formula is C28H27ClF5N9O3S. The van der Waals surface area contributed by atoms with Gasteiger partial charge in [-0.1, -0.05) is 35.9 Å². The number of anilines is 3. The largest absolute Gasteiger partial charge is 0.416 e. The zero-order valence-corrected chi connectivity index (χ0v) is 26.3. The molecule has 3 aromatic heterocycles. The molecule has 47 heavy (non-hydrogen) atoms. The number of hydrogen-bond donors (Lipinski definition) is 1. The van der Waals surface area contributed by atoms with E-state index in [1.807, 2.05) is 22.8 Å². The average molecular weight is 700 g/mol. The maximum Gasteiger partial charge on any atom is 0.416 e.